The Hall–Kier alpha value is -2.64. The fourth-order valence-corrected chi connectivity index (χ4v) is 3.93. The van der Waals surface area contributed by atoms with Gasteiger partial charge < -0.3 is 15.2 Å². The number of thiophene rings is 1. The first-order valence-corrected chi connectivity index (χ1v) is 9.81. The van der Waals surface area contributed by atoms with Gasteiger partial charge in [-0.3, -0.25) is 4.79 Å². The van der Waals surface area contributed by atoms with Crippen LogP contribution in [0, 0.1) is 0 Å². The molecule has 0 unspecified atom stereocenters. The van der Waals surface area contributed by atoms with Gasteiger partial charge in [-0.1, -0.05) is 34.1 Å². The van der Waals surface area contributed by atoms with Crippen LogP contribution < -0.4 is 10.1 Å². The molecule has 0 radical (unpaired) electrons. The lowest BCUT2D eigenvalue weighted by Gasteiger charge is -2.07. The van der Waals surface area contributed by atoms with E-state index in [4.69, 9.17) is 4.74 Å². The van der Waals surface area contributed by atoms with Crippen LogP contribution in [0.1, 0.15) is 27.6 Å². The molecule has 1 aromatic heterocycles. The summed E-state index contributed by atoms with van der Waals surface area (Å²) in [5, 5.41) is 14.4. The van der Waals surface area contributed by atoms with Gasteiger partial charge in [-0.15, -0.1) is 11.3 Å². The summed E-state index contributed by atoms with van der Waals surface area (Å²) < 4.78 is 6.19. The van der Waals surface area contributed by atoms with E-state index in [9.17, 15) is 14.7 Å². The molecule has 0 aliphatic heterocycles. The highest BCUT2D eigenvalue weighted by atomic mass is 79.9. The summed E-state index contributed by atoms with van der Waals surface area (Å²) in [7, 11) is 0. The number of halogens is 1. The van der Waals surface area contributed by atoms with Crippen LogP contribution >= 0.6 is 27.3 Å². The van der Waals surface area contributed by atoms with Crippen molar-refractivity contribution in [2.45, 2.75) is 6.92 Å². The van der Waals surface area contributed by atoms with Crippen molar-refractivity contribution >= 4 is 44.1 Å². The first-order valence-electron chi connectivity index (χ1n) is 8.14. The quantitative estimate of drug-likeness (QED) is 0.523. The Kier molecular flexibility index (Phi) is 5.93. The number of hydrogen-bond acceptors (Lipinski definition) is 4. The van der Waals surface area contributed by atoms with E-state index >= 15 is 0 Å². The molecule has 0 saturated heterocycles. The van der Waals surface area contributed by atoms with Gasteiger partial charge in [-0.25, -0.2) is 4.79 Å². The summed E-state index contributed by atoms with van der Waals surface area (Å²) in [6.07, 6.45) is 0. The van der Waals surface area contributed by atoms with Crippen molar-refractivity contribution in [1.29, 1.82) is 0 Å². The van der Waals surface area contributed by atoms with E-state index in [0.717, 1.165) is 15.8 Å². The van der Waals surface area contributed by atoms with Crippen LogP contribution in [0.4, 0.5) is 5.00 Å². The number of carboxylic acids is 1. The third-order valence-corrected chi connectivity index (χ3v) is 5.18. The van der Waals surface area contributed by atoms with Crippen molar-refractivity contribution in [1.82, 2.24) is 0 Å². The summed E-state index contributed by atoms with van der Waals surface area (Å²) in [5.41, 5.74) is 1.82. The number of hydrogen-bond donors (Lipinski definition) is 2. The molecule has 0 spiro atoms. The fourth-order valence-electron chi connectivity index (χ4n) is 2.58. The lowest BCUT2D eigenvalue weighted by Crippen LogP contribution is -2.13. The largest absolute Gasteiger partial charge is 0.494 e. The van der Waals surface area contributed by atoms with Gasteiger partial charge in [0.25, 0.3) is 5.91 Å². The zero-order valence-corrected chi connectivity index (χ0v) is 16.8. The van der Waals surface area contributed by atoms with Gasteiger partial charge in [0, 0.05) is 21.0 Å². The zero-order valence-electron chi connectivity index (χ0n) is 14.4. The summed E-state index contributed by atoms with van der Waals surface area (Å²) >= 11 is 4.51. The number of benzene rings is 2. The van der Waals surface area contributed by atoms with Crippen LogP contribution in [0.5, 0.6) is 5.75 Å². The molecule has 0 atom stereocenters. The van der Waals surface area contributed by atoms with E-state index in [2.05, 4.69) is 21.2 Å². The number of aromatic carboxylic acids is 1. The predicted molar refractivity (Wildman–Crippen MR) is 110 cm³/mol. The third-order valence-electron chi connectivity index (χ3n) is 3.80. The molecule has 0 saturated carbocycles. The van der Waals surface area contributed by atoms with Crippen molar-refractivity contribution < 1.29 is 19.4 Å². The topological polar surface area (TPSA) is 75.6 Å². The molecule has 3 aromatic rings. The van der Waals surface area contributed by atoms with Gasteiger partial charge in [-0.05, 0) is 42.8 Å². The van der Waals surface area contributed by atoms with Gasteiger partial charge >= 0.3 is 5.97 Å². The third kappa shape index (κ3) is 4.37. The smallest absolute Gasteiger partial charge is 0.339 e. The Balaban J connectivity index is 1.91. The Morgan fingerprint density at radius 2 is 1.93 bits per heavy atom. The molecule has 5 nitrogen and oxygen atoms in total. The standard InChI is InChI=1S/C20H16BrNO4S/c1-2-26-15-8-6-12(7-9-15)16-11-27-19(17(16)20(24)25)22-18(23)13-4-3-5-14(21)10-13/h3-11H,2H2,1H3,(H,22,23)(H,24,25). The molecule has 27 heavy (non-hydrogen) atoms. The van der Waals surface area contributed by atoms with Crippen LogP contribution in [0.15, 0.2) is 58.4 Å². The van der Waals surface area contributed by atoms with Gasteiger partial charge in [0.05, 0.1) is 6.61 Å². The minimum atomic E-state index is -1.09. The van der Waals surface area contributed by atoms with E-state index in [1.807, 2.05) is 13.0 Å². The maximum Gasteiger partial charge on any atom is 0.339 e. The molecule has 0 aliphatic carbocycles. The van der Waals surface area contributed by atoms with Crippen molar-refractivity contribution in [2.75, 3.05) is 11.9 Å². The van der Waals surface area contributed by atoms with Crippen molar-refractivity contribution in [3.8, 4) is 16.9 Å². The van der Waals surface area contributed by atoms with E-state index in [0.29, 0.717) is 22.7 Å². The van der Waals surface area contributed by atoms with Crippen LogP contribution in [-0.2, 0) is 0 Å². The molecule has 1 heterocycles. The summed E-state index contributed by atoms with van der Waals surface area (Å²) in [4.78, 5) is 24.3. The number of rotatable bonds is 6. The predicted octanol–water partition coefficient (Wildman–Crippen LogP) is 5.53. The molecule has 2 N–H and O–H groups in total. The van der Waals surface area contributed by atoms with Crippen molar-refractivity contribution in [2.24, 2.45) is 0 Å². The number of nitrogens with one attached hydrogen (secondary N) is 1. The maximum absolute atomic E-state index is 12.5. The van der Waals surface area contributed by atoms with Crippen LogP contribution in [0.25, 0.3) is 11.1 Å². The number of carboxylic acid groups (broad SMARTS) is 1. The molecule has 138 valence electrons. The molecular formula is C20H16BrNO4S. The molecule has 0 aliphatic rings. The number of amides is 1. The monoisotopic (exact) mass is 445 g/mol. The number of carbonyl (C=O) groups is 2. The van der Waals surface area contributed by atoms with Crippen LogP contribution in [-0.4, -0.2) is 23.6 Å². The van der Waals surface area contributed by atoms with Crippen molar-refractivity contribution in [3.05, 3.63) is 69.5 Å². The van der Waals surface area contributed by atoms with Gasteiger partial charge in [0.2, 0.25) is 0 Å². The summed E-state index contributed by atoms with van der Waals surface area (Å²) in [6, 6.07) is 14.1. The normalized spacial score (nSPS) is 10.4. The van der Waals surface area contributed by atoms with Crippen LogP contribution in [0.3, 0.4) is 0 Å². The van der Waals surface area contributed by atoms with E-state index < -0.39 is 5.97 Å². The molecule has 0 bridgehead atoms. The van der Waals surface area contributed by atoms with E-state index in [1.165, 1.54) is 11.3 Å². The van der Waals surface area contributed by atoms with Crippen molar-refractivity contribution in [3.63, 3.8) is 0 Å². The first-order chi connectivity index (χ1) is 13.0. The summed E-state index contributed by atoms with van der Waals surface area (Å²) in [6.45, 7) is 2.46. The fraction of sp³-hybridized carbons (Fsp3) is 0.100. The Morgan fingerprint density at radius 1 is 1.19 bits per heavy atom. The van der Waals surface area contributed by atoms with E-state index in [-0.39, 0.29) is 11.5 Å². The highest BCUT2D eigenvalue weighted by Crippen LogP contribution is 2.36. The van der Waals surface area contributed by atoms with Gasteiger partial charge in [-0.2, -0.15) is 0 Å². The molecule has 1 amide bonds. The Morgan fingerprint density at radius 3 is 2.56 bits per heavy atom. The molecule has 2 aromatic carbocycles. The SMILES string of the molecule is CCOc1ccc(-c2csc(NC(=O)c3cccc(Br)c3)c2C(=O)O)cc1. The summed E-state index contributed by atoms with van der Waals surface area (Å²) in [5.74, 6) is -0.736. The molecular weight excluding hydrogens is 430 g/mol. The average Bonchev–Trinajstić information content (AvgIpc) is 3.06. The lowest BCUT2D eigenvalue weighted by atomic mass is 10.0. The van der Waals surface area contributed by atoms with Crippen LogP contribution in [0.2, 0.25) is 0 Å². The zero-order chi connectivity index (χ0) is 19.4. The highest BCUT2D eigenvalue weighted by Gasteiger charge is 2.21. The second-order valence-electron chi connectivity index (χ2n) is 5.58. The average molecular weight is 446 g/mol. The number of anilines is 1. The number of carbonyl (C=O) groups excluding carboxylic acids is 1. The van der Waals surface area contributed by atoms with E-state index in [1.54, 1.807) is 47.8 Å². The maximum atomic E-state index is 12.5. The number of ether oxygens (including phenoxy) is 1. The molecule has 7 heteroatoms. The lowest BCUT2D eigenvalue weighted by molar-refractivity contribution is 0.0699. The highest BCUT2D eigenvalue weighted by molar-refractivity contribution is 9.10. The van der Waals surface area contributed by atoms with Gasteiger partial charge in [0.15, 0.2) is 0 Å². The van der Waals surface area contributed by atoms with Gasteiger partial charge in [0.1, 0.15) is 16.3 Å². The minimum absolute atomic E-state index is 0.0764. The Labute approximate surface area is 168 Å². The second kappa shape index (κ2) is 8.37. The molecule has 0 fully saturated rings. The minimum Gasteiger partial charge on any atom is -0.494 e. The Bertz CT molecular complexity index is 982. The molecule has 3 rings (SSSR count). The second-order valence-corrected chi connectivity index (χ2v) is 7.38. The first kappa shape index (κ1) is 19.1.